The standard InChI is InChI=1S/C16H11BrN2O4/c17-11-7-5-10(6-8-11)15-18-16(23-19-15)12-3-1-2-4-13(12)22-9-14(20)21/h1-8H,9H2,(H,20,21). The van der Waals surface area contributed by atoms with Crippen molar-refractivity contribution in [2.45, 2.75) is 0 Å². The van der Waals surface area contributed by atoms with Crippen molar-refractivity contribution in [3.8, 4) is 28.6 Å². The molecular formula is C16H11BrN2O4. The molecule has 0 aliphatic rings. The van der Waals surface area contributed by atoms with Crippen LogP contribution in [0.1, 0.15) is 0 Å². The molecule has 3 rings (SSSR count). The number of carboxylic acid groups (broad SMARTS) is 1. The van der Waals surface area contributed by atoms with E-state index in [1.165, 1.54) is 0 Å². The molecule has 0 fully saturated rings. The lowest BCUT2D eigenvalue weighted by molar-refractivity contribution is -0.139. The van der Waals surface area contributed by atoms with Crippen LogP contribution in [0, 0.1) is 0 Å². The number of carboxylic acids is 1. The molecule has 6 nitrogen and oxygen atoms in total. The Hall–Kier alpha value is -2.67. The molecule has 0 spiro atoms. The Kier molecular flexibility index (Phi) is 4.38. The Balaban J connectivity index is 1.91. The van der Waals surface area contributed by atoms with Crippen molar-refractivity contribution in [3.63, 3.8) is 0 Å². The first-order valence-corrected chi connectivity index (χ1v) is 7.46. The van der Waals surface area contributed by atoms with Crippen LogP contribution in [0.4, 0.5) is 0 Å². The van der Waals surface area contributed by atoms with Crippen LogP contribution in [0.25, 0.3) is 22.8 Å². The van der Waals surface area contributed by atoms with Gasteiger partial charge in [-0.1, -0.05) is 33.2 Å². The number of benzene rings is 2. The van der Waals surface area contributed by atoms with E-state index in [-0.39, 0.29) is 5.89 Å². The first kappa shape index (κ1) is 15.2. The third-order valence-corrected chi connectivity index (χ3v) is 3.53. The number of aliphatic carboxylic acids is 1. The van der Waals surface area contributed by atoms with Gasteiger partial charge in [0.2, 0.25) is 5.82 Å². The maximum Gasteiger partial charge on any atom is 0.341 e. The topological polar surface area (TPSA) is 85.5 Å². The first-order valence-electron chi connectivity index (χ1n) is 6.67. The SMILES string of the molecule is O=C(O)COc1ccccc1-c1nc(-c2ccc(Br)cc2)no1. The quantitative estimate of drug-likeness (QED) is 0.733. The summed E-state index contributed by atoms with van der Waals surface area (Å²) >= 11 is 3.37. The Bertz CT molecular complexity index is 830. The summed E-state index contributed by atoms with van der Waals surface area (Å²) in [5, 5.41) is 12.7. The van der Waals surface area contributed by atoms with E-state index in [9.17, 15) is 4.79 Å². The molecule has 1 heterocycles. The van der Waals surface area contributed by atoms with E-state index >= 15 is 0 Å². The number of halogens is 1. The highest BCUT2D eigenvalue weighted by Crippen LogP contribution is 2.30. The molecule has 0 saturated carbocycles. The van der Waals surface area contributed by atoms with Crippen LogP contribution in [0.3, 0.4) is 0 Å². The van der Waals surface area contributed by atoms with Crippen LogP contribution in [-0.2, 0) is 4.79 Å². The van der Waals surface area contributed by atoms with Crippen molar-refractivity contribution in [2.24, 2.45) is 0 Å². The lowest BCUT2D eigenvalue weighted by Crippen LogP contribution is -2.09. The monoisotopic (exact) mass is 374 g/mol. The largest absolute Gasteiger partial charge is 0.481 e. The Labute approximate surface area is 139 Å². The van der Waals surface area contributed by atoms with E-state index in [0.29, 0.717) is 17.1 Å². The second-order valence-corrected chi connectivity index (χ2v) is 5.52. The number of aromatic nitrogens is 2. The summed E-state index contributed by atoms with van der Waals surface area (Å²) in [6, 6.07) is 14.4. The first-order chi connectivity index (χ1) is 11.1. The molecule has 0 aliphatic carbocycles. The van der Waals surface area contributed by atoms with Gasteiger partial charge in [0.05, 0.1) is 5.56 Å². The summed E-state index contributed by atoms with van der Waals surface area (Å²) in [7, 11) is 0. The van der Waals surface area contributed by atoms with Crippen molar-refractivity contribution in [1.82, 2.24) is 10.1 Å². The van der Waals surface area contributed by atoms with Gasteiger partial charge in [-0.3, -0.25) is 0 Å². The number of nitrogens with zero attached hydrogens (tertiary/aromatic N) is 2. The third kappa shape index (κ3) is 3.57. The summed E-state index contributed by atoms with van der Waals surface area (Å²) in [5.41, 5.74) is 1.36. The van der Waals surface area contributed by atoms with E-state index < -0.39 is 12.6 Å². The minimum Gasteiger partial charge on any atom is -0.481 e. The molecule has 116 valence electrons. The molecule has 0 bridgehead atoms. The third-order valence-electron chi connectivity index (χ3n) is 3.00. The summed E-state index contributed by atoms with van der Waals surface area (Å²) < 4.78 is 11.5. The van der Waals surface area contributed by atoms with Gasteiger partial charge in [-0.2, -0.15) is 4.98 Å². The van der Waals surface area contributed by atoms with Crippen molar-refractivity contribution >= 4 is 21.9 Å². The van der Waals surface area contributed by atoms with Crippen molar-refractivity contribution in [2.75, 3.05) is 6.61 Å². The molecule has 0 atom stereocenters. The van der Waals surface area contributed by atoms with Gasteiger partial charge in [-0.25, -0.2) is 4.79 Å². The minimum atomic E-state index is -1.05. The lowest BCUT2D eigenvalue weighted by Gasteiger charge is -2.06. The highest BCUT2D eigenvalue weighted by molar-refractivity contribution is 9.10. The van der Waals surface area contributed by atoms with Crippen molar-refractivity contribution < 1.29 is 19.2 Å². The molecule has 2 aromatic carbocycles. The van der Waals surface area contributed by atoms with E-state index in [0.717, 1.165) is 10.0 Å². The van der Waals surface area contributed by atoms with Crippen molar-refractivity contribution in [1.29, 1.82) is 0 Å². The molecule has 0 aliphatic heterocycles. The highest BCUT2D eigenvalue weighted by atomic mass is 79.9. The Morgan fingerprint density at radius 1 is 1.17 bits per heavy atom. The summed E-state index contributed by atoms with van der Waals surface area (Å²) in [6.45, 7) is -0.440. The minimum absolute atomic E-state index is 0.268. The molecule has 0 radical (unpaired) electrons. The zero-order valence-electron chi connectivity index (χ0n) is 11.8. The van der Waals surface area contributed by atoms with E-state index in [1.54, 1.807) is 24.3 Å². The second kappa shape index (κ2) is 6.62. The van der Waals surface area contributed by atoms with Gasteiger partial charge in [0.15, 0.2) is 6.61 Å². The zero-order valence-corrected chi connectivity index (χ0v) is 13.4. The number of rotatable bonds is 5. The Morgan fingerprint density at radius 3 is 2.65 bits per heavy atom. The predicted molar refractivity (Wildman–Crippen MR) is 86.0 cm³/mol. The van der Waals surface area contributed by atoms with Gasteiger partial charge < -0.3 is 14.4 Å². The van der Waals surface area contributed by atoms with Crippen LogP contribution in [-0.4, -0.2) is 27.8 Å². The number of para-hydroxylation sites is 1. The molecule has 23 heavy (non-hydrogen) atoms. The average Bonchev–Trinajstić information content (AvgIpc) is 3.03. The van der Waals surface area contributed by atoms with E-state index in [4.69, 9.17) is 14.4 Å². The van der Waals surface area contributed by atoms with Gasteiger partial charge in [-0.05, 0) is 36.4 Å². The van der Waals surface area contributed by atoms with Gasteiger partial charge in [0, 0.05) is 10.0 Å². The van der Waals surface area contributed by atoms with Crippen LogP contribution < -0.4 is 4.74 Å². The van der Waals surface area contributed by atoms with E-state index in [2.05, 4.69) is 26.1 Å². The van der Waals surface area contributed by atoms with Gasteiger partial charge >= 0.3 is 5.97 Å². The smallest absolute Gasteiger partial charge is 0.341 e. The summed E-state index contributed by atoms with van der Waals surface area (Å²) in [5.74, 6) is 0.0336. The van der Waals surface area contributed by atoms with Crippen LogP contribution in [0.2, 0.25) is 0 Å². The zero-order chi connectivity index (χ0) is 16.2. The fraction of sp³-hybridized carbons (Fsp3) is 0.0625. The van der Waals surface area contributed by atoms with Crippen LogP contribution in [0.15, 0.2) is 57.5 Å². The van der Waals surface area contributed by atoms with Crippen LogP contribution in [0.5, 0.6) is 5.75 Å². The molecule has 0 amide bonds. The summed E-state index contributed by atoms with van der Waals surface area (Å²) in [4.78, 5) is 15.0. The number of carbonyl (C=O) groups is 1. The molecule has 0 unspecified atom stereocenters. The van der Waals surface area contributed by atoms with Crippen molar-refractivity contribution in [3.05, 3.63) is 53.0 Å². The second-order valence-electron chi connectivity index (χ2n) is 4.61. The highest BCUT2D eigenvalue weighted by Gasteiger charge is 2.15. The molecule has 7 heteroatoms. The fourth-order valence-electron chi connectivity index (χ4n) is 1.96. The fourth-order valence-corrected chi connectivity index (χ4v) is 2.22. The number of hydrogen-bond donors (Lipinski definition) is 1. The molecule has 1 N–H and O–H groups in total. The lowest BCUT2D eigenvalue weighted by atomic mass is 10.2. The molecule has 3 aromatic rings. The van der Waals surface area contributed by atoms with Gasteiger partial charge in [0.25, 0.3) is 5.89 Å². The number of ether oxygens (including phenoxy) is 1. The predicted octanol–water partition coefficient (Wildman–Crippen LogP) is 3.63. The van der Waals surface area contributed by atoms with Crippen LogP contribution >= 0.6 is 15.9 Å². The normalized spacial score (nSPS) is 10.5. The maximum atomic E-state index is 10.7. The molecular weight excluding hydrogens is 364 g/mol. The average molecular weight is 375 g/mol. The Morgan fingerprint density at radius 2 is 1.91 bits per heavy atom. The van der Waals surface area contributed by atoms with E-state index in [1.807, 2.05) is 24.3 Å². The van der Waals surface area contributed by atoms with Gasteiger partial charge in [0.1, 0.15) is 5.75 Å². The molecule has 1 aromatic heterocycles. The number of hydrogen-bond acceptors (Lipinski definition) is 5. The maximum absolute atomic E-state index is 10.7. The molecule has 0 saturated heterocycles. The van der Waals surface area contributed by atoms with Gasteiger partial charge in [-0.15, -0.1) is 0 Å². The summed E-state index contributed by atoms with van der Waals surface area (Å²) in [6.07, 6.45) is 0.